The molecule has 0 aliphatic rings. The first kappa shape index (κ1) is 33.0. The highest BCUT2D eigenvalue weighted by atomic mass is 32.2. The van der Waals surface area contributed by atoms with E-state index in [-0.39, 0.29) is 29.1 Å². The number of nitrogens with one attached hydrogen (secondary N) is 1. The predicted molar refractivity (Wildman–Crippen MR) is 169 cm³/mol. The highest BCUT2D eigenvalue weighted by Crippen LogP contribution is 2.33. The number of rotatable bonds is 14. The molecule has 0 saturated heterocycles. The fraction of sp³-hybridized carbons (Fsp3) is 0.375. The third kappa shape index (κ3) is 8.07. The molecule has 0 saturated carbocycles. The lowest BCUT2D eigenvalue weighted by molar-refractivity contribution is -0.139. The molecule has 0 aromatic heterocycles. The van der Waals surface area contributed by atoms with Crippen molar-refractivity contribution in [3.8, 4) is 5.75 Å². The molecule has 0 bridgehead atoms. The second kappa shape index (κ2) is 15.1. The number of carbonyl (C=O) groups is 2. The number of benzene rings is 3. The Morgan fingerprint density at radius 2 is 1.60 bits per heavy atom. The van der Waals surface area contributed by atoms with E-state index in [4.69, 9.17) is 4.74 Å². The maximum absolute atomic E-state index is 14.2. The Labute approximate surface area is 254 Å². The van der Waals surface area contributed by atoms with Crippen molar-refractivity contribution in [3.05, 3.63) is 83.9 Å². The van der Waals surface area contributed by atoms with E-state index >= 15 is 0 Å². The summed E-state index contributed by atoms with van der Waals surface area (Å²) >= 11 is 1.50. The molecule has 3 rings (SSSR count). The number of para-hydroxylation sites is 2. The van der Waals surface area contributed by atoms with E-state index in [0.29, 0.717) is 12.4 Å². The average Bonchev–Trinajstić information content (AvgIpc) is 2.99. The van der Waals surface area contributed by atoms with Gasteiger partial charge in [-0.1, -0.05) is 43.3 Å². The number of anilines is 1. The number of hydrogen-bond donors (Lipinski definition) is 1. The fourth-order valence-corrected chi connectivity index (χ4v) is 6.18. The van der Waals surface area contributed by atoms with Crippen LogP contribution in [0.2, 0.25) is 0 Å². The lowest BCUT2D eigenvalue weighted by Crippen LogP contribution is -2.52. The van der Waals surface area contributed by atoms with Gasteiger partial charge in [0.1, 0.15) is 18.3 Å². The summed E-state index contributed by atoms with van der Waals surface area (Å²) in [6.07, 6.45) is 2.65. The van der Waals surface area contributed by atoms with Crippen LogP contribution in [0.1, 0.15) is 45.2 Å². The quantitative estimate of drug-likeness (QED) is 0.237. The maximum Gasteiger partial charge on any atom is 0.264 e. The summed E-state index contributed by atoms with van der Waals surface area (Å²) in [5.41, 5.74) is 2.07. The zero-order valence-electron chi connectivity index (χ0n) is 25.2. The van der Waals surface area contributed by atoms with Gasteiger partial charge in [0.05, 0.1) is 17.2 Å². The summed E-state index contributed by atoms with van der Waals surface area (Å²) in [5, 5.41) is 2.96. The number of amides is 2. The third-order valence-electron chi connectivity index (χ3n) is 7.13. The summed E-state index contributed by atoms with van der Waals surface area (Å²) in [5.74, 6) is -0.478. The minimum Gasteiger partial charge on any atom is -0.492 e. The topological polar surface area (TPSA) is 96.0 Å². The van der Waals surface area contributed by atoms with Crippen LogP contribution >= 0.6 is 11.8 Å². The summed E-state index contributed by atoms with van der Waals surface area (Å²) in [4.78, 5) is 29.8. The van der Waals surface area contributed by atoms with E-state index in [1.807, 2.05) is 58.2 Å². The van der Waals surface area contributed by atoms with Crippen molar-refractivity contribution in [1.82, 2.24) is 10.2 Å². The first-order valence-corrected chi connectivity index (χ1v) is 16.7. The van der Waals surface area contributed by atoms with Crippen molar-refractivity contribution in [2.45, 2.75) is 69.5 Å². The van der Waals surface area contributed by atoms with Gasteiger partial charge in [0.2, 0.25) is 11.8 Å². The maximum atomic E-state index is 14.2. The van der Waals surface area contributed by atoms with Crippen LogP contribution in [-0.2, 0) is 26.2 Å². The molecular formula is C32H41N3O5S2. The Balaban J connectivity index is 2.09. The normalized spacial score (nSPS) is 12.7. The van der Waals surface area contributed by atoms with E-state index in [1.54, 1.807) is 43.3 Å². The molecule has 2 amide bonds. The van der Waals surface area contributed by atoms with Gasteiger partial charge in [-0.15, -0.1) is 11.8 Å². The van der Waals surface area contributed by atoms with E-state index in [0.717, 1.165) is 26.7 Å². The molecule has 0 aliphatic carbocycles. The van der Waals surface area contributed by atoms with Crippen molar-refractivity contribution < 1.29 is 22.7 Å². The van der Waals surface area contributed by atoms with Crippen molar-refractivity contribution in [2.24, 2.45) is 0 Å². The highest BCUT2D eigenvalue weighted by Gasteiger charge is 2.34. The van der Waals surface area contributed by atoms with Crippen LogP contribution in [0.5, 0.6) is 5.75 Å². The Hall–Kier alpha value is -3.50. The standard InChI is InChI=1S/C32H41N3O5S2/c1-7-24(4)33-32(37)25(5)34(21-26-14-10-9-13-23(26)3)31(36)22-35(29-15-11-12-16-30(29)40-8-2)42(38,39)28-19-17-27(41-6)18-20-28/h9-20,24-25H,7-8,21-22H2,1-6H3,(H,33,37)/t24-,25-/m0/s1. The second-order valence-corrected chi connectivity index (χ2v) is 12.8. The Morgan fingerprint density at radius 1 is 0.952 bits per heavy atom. The Bertz CT molecular complexity index is 1460. The van der Waals surface area contributed by atoms with Gasteiger partial charge in [-0.2, -0.15) is 0 Å². The van der Waals surface area contributed by atoms with Crippen LogP contribution in [0.25, 0.3) is 0 Å². The monoisotopic (exact) mass is 611 g/mol. The van der Waals surface area contributed by atoms with E-state index < -0.39 is 28.5 Å². The van der Waals surface area contributed by atoms with Crippen LogP contribution in [0.15, 0.2) is 82.6 Å². The molecule has 226 valence electrons. The number of ether oxygens (including phenoxy) is 1. The van der Waals surface area contributed by atoms with Gasteiger partial charge in [0, 0.05) is 17.5 Å². The summed E-state index contributed by atoms with van der Waals surface area (Å²) in [6, 6.07) is 20.0. The van der Waals surface area contributed by atoms with Gasteiger partial charge in [-0.3, -0.25) is 13.9 Å². The van der Waals surface area contributed by atoms with Crippen molar-refractivity contribution in [3.63, 3.8) is 0 Å². The zero-order valence-corrected chi connectivity index (χ0v) is 26.8. The van der Waals surface area contributed by atoms with Gasteiger partial charge in [0.25, 0.3) is 10.0 Å². The largest absolute Gasteiger partial charge is 0.492 e. The lowest BCUT2D eigenvalue weighted by Gasteiger charge is -2.33. The van der Waals surface area contributed by atoms with Gasteiger partial charge in [-0.05, 0) is 87.9 Å². The van der Waals surface area contributed by atoms with Crippen molar-refractivity contribution in [2.75, 3.05) is 23.7 Å². The Kier molecular flexibility index (Phi) is 11.9. The molecule has 0 heterocycles. The Morgan fingerprint density at radius 3 is 2.21 bits per heavy atom. The molecule has 2 atom stereocenters. The number of thioether (sulfide) groups is 1. The van der Waals surface area contributed by atoms with Gasteiger partial charge >= 0.3 is 0 Å². The summed E-state index contributed by atoms with van der Waals surface area (Å²) in [7, 11) is -4.20. The third-order valence-corrected chi connectivity index (χ3v) is 9.65. The first-order chi connectivity index (χ1) is 20.0. The van der Waals surface area contributed by atoms with Crippen LogP contribution in [-0.4, -0.2) is 56.6 Å². The van der Waals surface area contributed by atoms with E-state index in [9.17, 15) is 18.0 Å². The molecule has 0 radical (unpaired) electrons. The number of carbonyl (C=O) groups excluding carboxylic acids is 2. The molecule has 3 aromatic carbocycles. The lowest BCUT2D eigenvalue weighted by atomic mass is 10.1. The zero-order chi connectivity index (χ0) is 30.9. The minimum atomic E-state index is -4.20. The molecule has 10 heteroatoms. The van der Waals surface area contributed by atoms with E-state index in [2.05, 4.69) is 5.32 Å². The summed E-state index contributed by atoms with van der Waals surface area (Å²) < 4.78 is 35.2. The molecule has 0 fully saturated rings. The van der Waals surface area contributed by atoms with Crippen molar-refractivity contribution >= 4 is 39.3 Å². The average molecular weight is 612 g/mol. The van der Waals surface area contributed by atoms with Crippen LogP contribution in [0.4, 0.5) is 5.69 Å². The number of nitrogens with zero attached hydrogens (tertiary/aromatic N) is 2. The second-order valence-electron chi connectivity index (χ2n) is 10.0. The molecule has 0 aliphatic heterocycles. The first-order valence-electron chi connectivity index (χ1n) is 14.1. The molecule has 0 unspecified atom stereocenters. The SMILES string of the molecule is CCOc1ccccc1N(CC(=O)N(Cc1ccccc1C)[C@@H](C)C(=O)N[C@@H](C)CC)S(=O)(=O)c1ccc(SC)cc1. The predicted octanol–water partition coefficient (Wildman–Crippen LogP) is 5.64. The molecule has 3 aromatic rings. The molecule has 42 heavy (non-hydrogen) atoms. The minimum absolute atomic E-state index is 0.0485. The fourth-order valence-electron chi connectivity index (χ4n) is 4.35. The molecule has 1 N–H and O–H groups in total. The van der Waals surface area contributed by atoms with Crippen LogP contribution < -0.4 is 14.4 Å². The molecular weight excluding hydrogens is 571 g/mol. The number of aryl methyl sites for hydroxylation is 1. The number of sulfonamides is 1. The summed E-state index contributed by atoms with van der Waals surface area (Å²) in [6.45, 7) is 9.22. The van der Waals surface area contributed by atoms with Crippen LogP contribution in [0, 0.1) is 6.92 Å². The van der Waals surface area contributed by atoms with Gasteiger partial charge in [0.15, 0.2) is 0 Å². The van der Waals surface area contributed by atoms with Crippen LogP contribution in [0.3, 0.4) is 0 Å². The van der Waals surface area contributed by atoms with Gasteiger partial charge in [-0.25, -0.2) is 8.42 Å². The van der Waals surface area contributed by atoms with Gasteiger partial charge < -0.3 is 15.0 Å². The van der Waals surface area contributed by atoms with Crippen molar-refractivity contribution in [1.29, 1.82) is 0 Å². The molecule has 0 spiro atoms. The number of hydrogen-bond acceptors (Lipinski definition) is 6. The van der Waals surface area contributed by atoms with E-state index in [1.165, 1.54) is 28.8 Å². The molecule has 8 nitrogen and oxygen atoms in total. The highest BCUT2D eigenvalue weighted by molar-refractivity contribution is 7.98. The smallest absolute Gasteiger partial charge is 0.264 e.